The van der Waals surface area contributed by atoms with Crippen LogP contribution in [0.4, 0.5) is 4.79 Å². The molecule has 0 aliphatic carbocycles. The van der Waals surface area contributed by atoms with Gasteiger partial charge in [0.15, 0.2) is 0 Å². The molecule has 240 valence electrons. The molecule has 13 atom stereocenters. The summed E-state index contributed by atoms with van der Waals surface area (Å²) in [7, 11) is 0. The SMILES string of the molecule is C=CC=C[C@H](C)[C@H](OC(N)=O)[C@@H](C)[C@H](O)[C@@H](C)CC(C)=C[C@H](C)[C@@H](O)[C@@H](C)C=C[C@@H](O)CC1OC(=O)[C@H](C)[C@@H](O)[C@H]1C. The molecule has 1 saturated heterocycles. The average Bonchev–Trinajstić information content (AvgIpc) is 2.93. The summed E-state index contributed by atoms with van der Waals surface area (Å²) in [6.07, 6.45) is 6.04. The molecule has 0 saturated carbocycles. The number of carbonyl (C=O) groups is 2. The molecule has 0 spiro atoms. The van der Waals surface area contributed by atoms with Crippen molar-refractivity contribution in [2.75, 3.05) is 0 Å². The van der Waals surface area contributed by atoms with Gasteiger partial charge in [0.1, 0.15) is 12.2 Å². The number of aliphatic hydroxyl groups is 4. The van der Waals surface area contributed by atoms with Crippen LogP contribution in [0.3, 0.4) is 0 Å². The van der Waals surface area contributed by atoms with Crippen LogP contribution in [0.1, 0.15) is 68.2 Å². The quantitative estimate of drug-likeness (QED) is 0.101. The van der Waals surface area contributed by atoms with E-state index < -0.39 is 54.6 Å². The van der Waals surface area contributed by atoms with Crippen LogP contribution < -0.4 is 5.73 Å². The lowest BCUT2D eigenvalue weighted by atomic mass is 9.81. The van der Waals surface area contributed by atoms with E-state index in [0.29, 0.717) is 6.42 Å². The molecule has 0 aromatic rings. The van der Waals surface area contributed by atoms with Crippen LogP contribution >= 0.6 is 0 Å². The number of carbonyl (C=O) groups excluding carboxylic acids is 2. The summed E-state index contributed by atoms with van der Waals surface area (Å²) in [4.78, 5) is 23.5. The fourth-order valence-corrected chi connectivity index (χ4v) is 5.80. The molecule has 1 amide bonds. The molecular weight excluding hydrogens is 538 g/mol. The third kappa shape index (κ3) is 11.3. The van der Waals surface area contributed by atoms with Gasteiger partial charge in [-0.25, -0.2) is 4.79 Å². The Kier molecular flexibility index (Phi) is 15.7. The van der Waals surface area contributed by atoms with Gasteiger partial charge < -0.3 is 35.6 Å². The highest BCUT2D eigenvalue weighted by molar-refractivity contribution is 5.73. The van der Waals surface area contributed by atoms with Crippen molar-refractivity contribution in [3.8, 4) is 0 Å². The first-order valence-corrected chi connectivity index (χ1v) is 15.0. The second kappa shape index (κ2) is 17.6. The van der Waals surface area contributed by atoms with Crippen LogP contribution in [0.5, 0.6) is 0 Å². The summed E-state index contributed by atoms with van der Waals surface area (Å²) < 4.78 is 10.8. The number of esters is 1. The predicted molar refractivity (Wildman–Crippen MR) is 164 cm³/mol. The molecule has 1 heterocycles. The topological polar surface area (TPSA) is 160 Å². The van der Waals surface area contributed by atoms with E-state index in [9.17, 15) is 30.0 Å². The maximum atomic E-state index is 12.0. The highest BCUT2D eigenvalue weighted by Gasteiger charge is 2.41. The summed E-state index contributed by atoms with van der Waals surface area (Å²) in [6.45, 7) is 18.5. The van der Waals surface area contributed by atoms with Crippen LogP contribution in [-0.2, 0) is 14.3 Å². The summed E-state index contributed by atoms with van der Waals surface area (Å²) >= 11 is 0. The number of hydrogen-bond acceptors (Lipinski definition) is 8. The number of cyclic esters (lactones) is 1. The van der Waals surface area contributed by atoms with Crippen molar-refractivity contribution >= 4 is 12.1 Å². The van der Waals surface area contributed by atoms with E-state index in [-0.39, 0.29) is 41.9 Å². The van der Waals surface area contributed by atoms with Gasteiger partial charge in [-0.15, -0.1) is 0 Å². The van der Waals surface area contributed by atoms with Crippen molar-refractivity contribution in [2.24, 2.45) is 47.2 Å². The Labute approximate surface area is 252 Å². The zero-order valence-corrected chi connectivity index (χ0v) is 26.6. The maximum Gasteiger partial charge on any atom is 0.404 e. The van der Waals surface area contributed by atoms with Gasteiger partial charge in [0.2, 0.25) is 0 Å². The Morgan fingerprint density at radius 2 is 1.64 bits per heavy atom. The van der Waals surface area contributed by atoms with Crippen molar-refractivity contribution < 1.29 is 39.5 Å². The fraction of sp³-hybridized carbons (Fsp3) is 0.697. The van der Waals surface area contributed by atoms with Gasteiger partial charge >= 0.3 is 12.1 Å². The third-order valence-electron chi connectivity index (χ3n) is 8.62. The second-order valence-electron chi connectivity index (χ2n) is 12.4. The summed E-state index contributed by atoms with van der Waals surface area (Å²) in [5, 5.41) is 42.8. The van der Waals surface area contributed by atoms with E-state index in [2.05, 4.69) is 6.58 Å². The molecule has 0 aromatic carbocycles. The minimum atomic E-state index is -0.894. The Morgan fingerprint density at radius 3 is 2.21 bits per heavy atom. The average molecular weight is 594 g/mol. The first-order chi connectivity index (χ1) is 19.5. The van der Waals surface area contributed by atoms with E-state index in [1.807, 2.05) is 53.7 Å². The van der Waals surface area contributed by atoms with E-state index in [4.69, 9.17) is 15.2 Å². The van der Waals surface area contributed by atoms with E-state index >= 15 is 0 Å². The third-order valence-corrected chi connectivity index (χ3v) is 8.62. The summed E-state index contributed by atoms with van der Waals surface area (Å²) in [6, 6.07) is 0. The van der Waals surface area contributed by atoms with Crippen LogP contribution in [0.25, 0.3) is 0 Å². The monoisotopic (exact) mass is 593 g/mol. The number of ether oxygens (including phenoxy) is 2. The summed E-state index contributed by atoms with van der Waals surface area (Å²) in [5.41, 5.74) is 6.30. The van der Waals surface area contributed by atoms with Crippen LogP contribution in [0.15, 0.2) is 48.6 Å². The minimum Gasteiger partial charge on any atom is -0.462 e. The first-order valence-electron chi connectivity index (χ1n) is 15.0. The van der Waals surface area contributed by atoms with Gasteiger partial charge in [-0.2, -0.15) is 0 Å². The zero-order chi connectivity index (χ0) is 32.3. The van der Waals surface area contributed by atoms with Crippen LogP contribution in [0, 0.1) is 41.4 Å². The molecule has 1 aliphatic rings. The predicted octanol–water partition coefficient (Wildman–Crippen LogP) is 4.30. The molecule has 1 aliphatic heterocycles. The Hall–Kier alpha value is -2.46. The highest BCUT2D eigenvalue weighted by Crippen LogP contribution is 2.30. The Bertz CT molecular complexity index is 962. The lowest BCUT2D eigenvalue weighted by molar-refractivity contribution is -0.179. The molecule has 1 fully saturated rings. The largest absolute Gasteiger partial charge is 0.462 e. The van der Waals surface area contributed by atoms with Gasteiger partial charge in [-0.1, -0.05) is 90.2 Å². The van der Waals surface area contributed by atoms with Crippen LogP contribution in [0.2, 0.25) is 0 Å². The van der Waals surface area contributed by atoms with Crippen molar-refractivity contribution in [3.05, 3.63) is 48.6 Å². The molecule has 1 unspecified atom stereocenters. The highest BCUT2D eigenvalue weighted by atomic mass is 16.6. The molecular formula is C33H55NO8. The van der Waals surface area contributed by atoms with Gasteiger partial charge in [0, 0.05) is 36.0 Å². The normalized spacial score (nSPS) is 28.3. The Morgan fingerprint density at radius 1 is 1.02 bits per heavy atom. The van der Waals surface area contributed by atoms with Crippen LogP contribution in [-0.4, -0.2) is 69.1 Å². The molecule has 6 N–H and O–H groups in total. The van der Waals surface area contributed by atoms with Crippen molar-refractivity contribution in [2.45, 2.75) is 105 Å². The lowest BCUT2D eigenvalue weighted by Crippen LogP contribution is -2.47. The van der Waals surface area contributed by atoms with Gasteiger partial charge in [-0.3, -0.25) is 4.79 Å². The standard InChI is InChI=1S/C33H55NO8/c1-10-11-12-20(4)31(42-33(34)40)24(8)29(37)22(6)16-18(2)15-21(5)28(36)19(3)13-14-26(35)17-27-23(7)30(38)25(9)32(39)41-27/h10-15,19-31,35-38H,1,16-17H2,2-9H3,(H2,34,40)/t19-,20-,21-,22-,23-,24-,25+,26+,27?,28-,29+,30-,31-/m0/s1. The van der Waals surface area contributed by atoms with Crippen molar-refractivity contribution in [3.63, 3.8) is 0 Å². The van der Waals surface area contributed by atoms with E-state index in [1.165, 1.54) is 0 Å². The first kappa shape index (κ1) is 37.6. The molecule has 9 nitrogen and oxygen atoms in total. The molecule has 0 radical (unpaired) electrons. The van der Waals surface area contributed by atoms with Crippen molar-refractivity contribution in [1.29, 1.82) is 0 Å². The molecule has 42 heavy (non-hydrogen) atoms. The number of primary amides is 1. The minimum absolute atomic E-state index is 0.152. The lowest BCUT2D eigenvalue weighted by Gasteiger charge is -2.36. The number of nitrogens with two attached hydrogens (primary N) is 1. The maximum absolute atomic E-state index is 12.0. The van der Waals surface area contributed by atoms with Gasteiger partial charge in [0.25, 0.3) is 0 Å². The second-order valence-corrected chi connectivity index (χ2v) is 12.4. The van der Waals surface area contributed by atoms with E-state index in [0.717, 1.165) is 5.57 Å². The van der Waals surface area contributed by atoms with E-state index in [1.54, 1.807) is 38.2 Å². The Balaban J connectivity index is 2.76. The number of hydrogen-bond donors (Lipinski definition) is 5. The fourth-order valence-electron chi connectivity index (χ4n) is 5.80. The number of rotatable bonds is 16. The smallest absolute Gasteiger partial charge is 0.404 e. The number of amides is 1. The van der Waals surface area contributed by atoms with Gasteiger partial charge in [0.05, 0.1) is 30.3 Å². The number of aliphatic hydroxyl groups excluding tert-OH is 4. The van der Waals surface area contributed by atoms with Crippen molar-refractivity contribution in [1.82, 2.24) is 0 Å². The molecule has 0 aromatic heterocycles. The van der Waals surface area contributed by atoms with Gasteiger partial charge in [-0.05, 0) is 26.2 Å². The number of allylic oxidation sites excluding steroid dienone is 3. The summed E-state index contributed by atoms with van der Waals surface area (Å²) in [5.74, 6) is -2.52. The molecule has 0 bridgehead atoms. The molecule has 9 heteroatoms. The molecule has 1 rings (SSSR count). The zero-order valence-electron chi connectivity index (χ0n) is 26.6.